The van der Waals surface area contributed by atoms with Gasteiger partial charge in [-0.15, -0.1) is 0 Å². The zero-order valence-electron chi connectivity index (χ0n) is 13.4. The van der Waals surface area contributed by atoms with Gasteiger partial charge in [-0.3, -0.25) is 0 Å². The number of hydrogen-bond acceptors (Lipinski definition) is 2. The molecule has 0 bridgehead atoms. The molecule has 0 radical (unpaired) electrons. The molecule has 2 nitrogen and oxygen atoms in total. The molecule has 0 saturated heterocycles. The fourth-order valence-electron chi connectivity index (χ4n) is 3.06. The largest absolute Gasteiger partial charge is 0.497 e. The molecule has 2 aromatic carbocycles. The van der Waals surface area contributed by atoms with E-state index in [-0.39, 0.29) is 0 Å². The quantitative estimate of drug-likeness (QED) is 0.845. The van der Waals surface area contributed by atoms with Gasteiger partial charge in [-0.1, -0.05) is 43.3 Å². The Bertz CT molecular complexity index is 565. The molecule has 0 saturated carbocycles. The van der Waals surface area contributed by atoms with Gasteiger partial charge in [-0.05, 0) is 49.2 Å². The first kappa shape index (κ1) is 15.6. The minimum Gasteiger partial charge on any atom is -0.497 e. The van der Waals surface area contributed by atoms with Crippen LogP contribution in [0.1, 0.15) is 42.0 Å². The highest BCUT2D eigenvalue weighted by Gasteiger charge is 2.23. The molecule has 0 aliphatic rings. The van der Waals surface area contributed by atoms with Crippen molar-refractivity contribution in [3.8, 4) is 5.75 Å². The van der Waals surface area contributed by atoms with Crippen LogP contribution in [-0.4, -0.2) is 14.2 Å². The Morgan fingerprint density at radius 1 is 1.10 bits per heavy atom. The number of rotatable bonds is 6. The van der Waals surface area contributed by atoms with Crippen molar-refractivity contribution in [2.24, 2.45) is 0 Å². The Labute approximate surface area is 128 Å². The molecular formula is C19H25NO. The normalized spacial score (nSPS) is 13.7. The van der Waals surface area contributed by atoms with Gasteiger partial charge < -0.3 is 10.1 Å². The fourth-order valence-corrected chi connectivity index (χ4v) is 3.06. The second-order valence-electron chi connectivity index (χ2n) is 5.41. The fraction of sp³-hybridized carbons (Fsp3) is 0.368. The maximum Gasteiger partial charge on any atom is 0.119 e. The lowest BCUT2D eigenvalue weighted by Gasteiger charge is -2.28. The van der Waals surface area contributed by atoms with Crippen molar-refractivity contribution in [1.29, 1.82) is 0 Å². The summed E-state index contributed by atoms with van der Waals surface area (Å²) in [5.74, 6) is 1.38. The Morgan fingerprint density at radius 2 is 1.81 bits per heavy atom. The number of ether oxygens (including phenoxy) is 1. The molecular weight excluding hydrogens is 258 g/mol. The Kier molecular flexibility index (Phi) is 5.40. The highest BCUT2D eigenvalue weighted by Crippen LogP contribution is 2.35. The number of hydrogen-bond donors (Lipinski definition) is 1. The van der Waals surface area contributed by atoms with Crippen molar-refractivity contribution in [3.63, 3.8) is 0 Å². The van der Waals surface area contributed by atoms with E-state index >= 15 is 0 Å². The molecule has 0 heterocycles. The molecule has 0 fully saturated rings. The van der Waals surface area contributed by atoms with Crippen molar-refractivity contribution in [2.45, 2.75) is 32.2 Å². The van der Waals surface area contributed by atoms with Crippen LogP contribution in [0, 0.1) is 6.92 Å². The van der Waals surface area contributed by atoms with E-state index < -0.39 is 0 Å². The summed E-state index contributed by atoms with van der Waals surface area (Å²) in [6.07, 6.45) is 1.10. The molecule has 2 atom stereocenters. The third kappa shape index (κ3) is 3.45. The van der Waals surface area contributed by atoms with Crippen LogP contribution in [0.15, 0.2) is 48.5 Å². The predicted molar refractivity (Wildman–Crippen MR) is 89.0 cm³/mol. The van der Waals surface area contributed by atoms with Crippen LogP contribution in [0.25, 0.3) is 0 Å². The van der Waals surface area contributed by atoms with Crippen LogP contribution in [0.5, 0.6) is 5.75 Å². The molecule has 1 N–H and O–H groups in total. The van der Waals surface area contributed by atoms with Crippen LogP contribution < -0.4 is 10.1 Å². The lowest BCUT2D eigenvalue weighted by molar-refractivity contribution is 0.413. The van der Waals surface area contributed by atoms with Gasteiger partial charge in [-0.2, -0.15) is 0 Å². The first-order valence-corrected chi connectivity index (χ1v) is 7.58. The minimum absolute atomic E-state index is 0.309. The number of benzene rings is 2. The van der Waals surface area contributed by atoms with E-state index in [4.69, 9.17) is 4.74 Å². The summed E-state index contributed by atoms with van der Waals surface area (Å²) in [5, 5.41) is 3.51. The third-order valence-corrected chi connectivity index (χ3v) is 4.19. The van der Waals surface area contributed by atoms with Crippen molar-refractivity contribution >= 4 is 0 Å². The van der Waals surface area contributed by atoms with E-state index in [1.807, 2.05) is 13.1 Å². The van der Waals surface area contributed by atoms with E-state index in [1.54, 1.807) is 7.11 Å². The lowest BCUT2D eigenvalue weighted by Crippen LogP contribution is -2.24. The second kappa shape index (κ2) is 7.28. The van der Waals surface area contributed by atoms with Crippen LogP contribution in [-0.2, 0) is 0 Å². The summed E-state index contributed by atoms with van der Waals surface area (Å²) in [6, 6.07) is 17.4. The van der Waals surface area contributed by atoms with Crippen molar-refractivity contribution in [2.75, 3.05) is 14.2 Å². The van der Waals surface area contributed by atoms with Crippen LogP contribution in [0.3, 0.4) is 0 Å². The molecule has 0 spiro atoms. The highest BCUT2D eigenvalue weighted by atomic mass is 16.5. The van der Waals surface area contributed by atoms with Crippen molar-refractivity contribution in [1.82, 2.24) is 5.32 Å². The number of likely N-dealkylation sites (N-methyl/N-ethyl adjacent to an activating group) is 1. The van der Waals surface area contributed by atoms with Crippen molar-refractivity contribution < 1.29 is 4.74 Å². The monoisotopic (exact) mass is 283 g/mol. The first-order valence-electron chi connectivity index (χ1n) is 7.58. The maximum atomic E-state index is 5.31. The van der Waals surface area contributed by atoms with E-state index in [2.05, 4.69) is 61.6 Å². The number of methoxy groups -OCH3 is 1. The second-order valence-corrected chi connectivity index (χ2v) is 5.41. The Balaban J connectivity index is 2.38. The van der Waals surface area contributed by atoms with Crippen molar-refractivity contribution in [3.05, 3.63) is 65.2 Å². The summed E-state index contributed by atoms with van der Waals surface area (Å²) in [5.41, 5.74) is 3.99. The molecule has 112 valence electrons. The SMILES string of the molecule is CCC(c1ccccc1)C(NC)c1ccc(OC)cc1C. The molecule has 0 aromatic heterocycles. The van der Waals surface area contributed by atoms with E-state index in [1.165, 1.54) is 16.7 Å². The minimum atomic E-state index is 0.309. The zero-order valence-corrected chi connectivity index (χ0v) is 13.4. The predicted octanol–water partition coefficient (Wildman–Crippen LogP) is 4.46. The van der Waals surface area contributed by atoms with Gasteiger partial charge in [0.15, 0.2) is 0 Å². The van der Waals surface area contributed by atoms with E-state index in [9.17, 15) is 0 Å². The molecule has 2 aromatic rings. The van der Waals surface area contributed by atoms with E-state index in [0.29, 0.717) is 12.0 Å². The molecule has 0 aliphatic carbocycles. The third-order valence-electron chi connectivity index (χ3n) is 4.19. The summed E-state index contributed by atoms with van der Waals surface area (Å²) in [7, 11) is 3.75. The summed E-state index contributed by atoms with van der Waals surface area (Å²) in [6.45, 7) is 4.40. The van der Waals surface area contributed by atoms with E-state index in [0.717, 1.165) is 12.2 Å². The van der Waals surface area contributed by atoms with Gasteiger partial charge in [-0.25, -0.2) is 0 Å². The average Bonchev–Trinajstić information content (AvgIpc) is 2.53. The summed E-state index contributed by atoms with van der Waals surface area (Å²) < 4.78 is 5.31. The Morgan fingerprint density at radius 3 is 2.33 bits per heavy atom. The Hall–Kier alpha value is -1.80. The topological polar surface area (TPSA) is 21.3 Å². The van der Waals surface area contributed by atoms with Crippen LogP contribution >= 0.6 is 0 Å². The van der Waals surface area contributed by atoms with Crippen LogP contribution in [0.2, 0.25) is 0 Å². The zero-order chi connectivity index (χ0) is 15.2. The molecule has 2 heteroatoms. The smallest absolute Gasteiger partial charge is 0.119 e. The molecule has 2 rings (SSSR count). The first-order chi connectivity index (χ1) is 10.2. The molecule has 0 aliphatic heterocycles. The number of aryl methyl sites for hydroxylation is 1. The van der Waals surface area contributed by atoms with Gasteiger partial charge >= 0.3 is 0 Å². The molecule has 0 amide bonds. The highest BCUT2D eigenvalue weighted by molar-refractivity contribution is 5.38. The molecule has 21 heavy (non-hydrogen) atoms. The average molecular weight is 283 g/mol. The van der Waals surface area contributed by atoms with Gasteiger partial charge in [0.25, 0.3) is 0 Å². The van der Waals surface area contributed by atoms with Gasteiger partial charge in [0, 0.05) is 12.0 Å². The number of nitrogens with one attached hydrogen (secondary N) is 1. The standard InChI is InChI=1S/C19H25NO/c1-5-17(15-9-7-6-8-10-15)19(20-3)18-12-11-16(21-4)13-14(18)2/h6-13,17,19-20H,5H2,1-4H3. The maximum absolute atomic E-state index is 5.31. The van der Waals surface area contributed by atoms with Gasteiger partial charge in [0.1, 0.15) is 5.75 Å². The van der Waals surface area contributed by atoms with Gasteiger partial charge in [0.2, 0.25) is 0 Å². The summed E-state index contributed by atoms with van der Waals surface area (Å²) in [4.78, 5) is 0. The molecule has 2 unspecified atom stereocenters. The van der Waals surface area contributed by atoms with Gasteiger partial charge in [0.05, 0.1) is 7.11 Å². The lowest BCUT2D eigenvalue weighted by atomic mass is 9.83. The summed E-state index contributed by atoms with van der Waals surface area (Å²) >= 11 is 0. The van der Waals surface area contributed by atoms with Crippen LogP contribution in [0.4, 0.5) is 0 Å².